The zero-order valence-electron chi connectivity index (χ0n) is 12.5. The first kappa shape index (κ1) is 15.7. The maximum atomic E-state index is 13.2. The number of nitrogens with one attached hydrogen (secondary N) is 1. The van der Waals surface area contributed by atoms with Gasteiger partial charge in [-0.15, -0.1) is 0 Å². The quantitative estimate of drug-likeness (QED) is 0.909. The number of halogens is 2. The average molecular weight is 299 g/mol. The lowest BCUT2D eigenvalue weighted by molar-refractivity contribution is 0.0408. The van der Waals surface area contributed by atoms with Crippen molar-refractivity contribution in [1.29, 1.82) is 0 Å². The van der Waals surface area contributed by atoms with Gasteiger partial charge in [-0.1, -0.05) is 31.5 Å². The highest BCUT2D eigenvalue weighted by molar-refractivity contribution is 6.31. The first-order valence-electron chi connectivity index (χ1n) is 7.41. The van der Waals surface area contributed by atoms with Gasteiger partial charge in [-0.05, 0) is 37.5 Å². The van der Waals surface area contributed by atoms with Crippen LogP contribution in [-0.2, 0) is 6.54 Å². The summed E-state index contributed by atoms with van der Waals surface area (Å²) in [6.07, 6.45) is 2.20. The number of rotatable bonds is 4. The van der Waals surface area contributed by atoms with Crippen LogP contribution in [0.5, 0.6) is 0 Å². The fourth-order valence-electron chi connectivity index (χ4n) is 2.76. The van der Waals surface area contributed by atoms with Crippen molar-refractivity contribution in [2.45, 2.75) is 51.7 Å². The minimum atomic E-state index is -0.274. The monoisotopic (exact) mass is 298 g/mol. The van der Waals surface area contributed by atoms with Crippen molar-refractivity contribution in [2.24, 2.45) is 0 Å². The molecular weight excluding hydrogens is 275 g/mol. The Morgan fingerprint density at radius 2 is 2.20 bits per heavy atom. The van der Waals surface area contributed by atoms with Crippen LogP contribution in [0.4, 0.5) is 4.39 Å². The van der Waals surface area contributed by atoms with Gasteiger partial charge in [0.15, 0.2) is 0 Å². The Balaban J connectivity index is 2.18. The zero-order chi connectivity index (χ0) is 14.8. The predicted octanol–water partition coefficient (Wildman–Crippen LogP) is 3.83. The van der Waals surface area contributed by atoms with Crippen LogP contribution in [0.1, 0.15) is 39.2 Å². The lowest BCUT2D eigenvalue weighted by Gasteiger charge is -2.48. The summed E-state index contributed by atoms with van der Waals surface area (Å²) in [5, 5.41) is 4.14. The van der Waals surface area contributed by atoms with Crippen molar-refractivity contribution in [3.63, 3.8) is 0 Å². The lowest BCUT2D eigenvalue weighted by Crippen LogP contribution is -2.62. The second-order valence-electron chi connectivity index (χ2n) is 5.95. The van der Waals surface area contributed by atoms with E-state index in [0.29, 0.717) is 11.1 Å². The first-order chi connectivity index (χ1) is 9.48. The molecule has 1 aliphatic rings. The molecule has 2 atom stereocenters. The molecule has 1 aromatic carbocycles. The Bertz CT molecular complexity index is 466. The molecule has 1 heterocycles. The molecule has 0 aliphatic carbocycles. The number of piperazine rings is 1. The van der Waals surface area contributed by atoms with Crippen LogP contribution in [0.15, 0.2) is 18.2 Å². The van der Waals surface area contributed by atoms with Gasteiger partial charge >= 0.3 is 0 Å². The van der Waals surface area contributed by atoms with Gasteiger partial charge in [0.05, 0.1) is 0 Å². The largest absolute Gasteiger partial charge is 0.311 e. The van der Waals surface area contributed by atoms with E-state index in [4.69, 9.17) is 11.6 Å². The smallest absolute Gasteiger partial charge is 0.124 e. The van der Waals surface area contributed by atoms with Gasteiger partial charge in [0.25, 0.3) is 0 Å². The molecule has 1 fully saturated rings. The molecule has 0 aromatic heterocycles. The van der Waals surface area contributed by atoms with Gasteiger partial charge in [-0.2, -0.15) is 0 Å². The Labute approximate surface area is 126 Å². The highest BCUT2D eigenvalue weighted by Crippen LogP contribution is 2.28. The van der Waals surface area contributed by atoms with E-state index < -0.39 is 0 Å². The lowest BCUT2D eigenvalue weighted by atomic mass is 9.91. The third kappa shape index (κ3) is 3.33. The molecule has 0 bridgehead atoms. The molecule has 1 aromatic rings. The second-order valence-corrected chi connectivity index (χ2v) is 6.36. The molecule has 0 saturated carbocycles. The molecule has 0 amide bonds. The van der Waals surface area contributed by atoms with Gasteiger partial charge in [0, 0.05) is 36.2 Å². The fourth-order valence-corrected chi connectivity index (χ4v) is 2.99. The van der Waals surface area contributed by atoms with Crippen LogP contribution in [0.2, 0.25) is 5.02 Å². The second kappa shape index (κ2) is 6.42. The number of nitrogens with zero attached hydrogens (tertiary/aromatic N) is 1. The number of hydrogen-bond donors (Lipinski definition) is 1. The fraction of sp³-hybridized carbons (Fsp3) is 0.625. The predicted molar refractivity (Wildman–Crippen MR) is 82.6 cm³/mol. The van der Waals surface area contributed by atoms with Crippen molar-refractivity contribution in [2.75, 3.05) is 13.1 Å². The number of benzene rings is 1. The van der Waals surface area contributed by atoms with E-state index in [-0.39, 0.29) is 11.4 Å². The van der Waals surface area contributed by atoms with E-state index in [2.05, 4.69) is 31.0 Å². The first-order valence-corrected chi connectivity index (χ1v) is 7.78. The molecule has 0 radical (unpaired) electrons. The zero-order valence-corrected chi connectivity index (χ0v) is 13.3. The molecule has 2 nitrogen and oxygen atoms in total. The van der Waals surface area contributed by atoms with Crippen LogP contribution in [-0.4, -0.2) is 29.6 Å². The highest BCUT2D eigenvalue weighted by Gasteiger charge is 2.35. The minimum Gasteiger partial charge on any atom is -0.311 e. The normalized spacial score (nSPS) is 27.8. The Hall–Kier alpha value is -0.640. The van der Waals surface area contributed by atoms with Crippen molar-refractivity contribution in [1.82, 2.24) is 10.2 Å². The van der Waals surface area contributed by atoms with Crippen LogP contribution in [0.25, 0.3) is 0 Å². The summed E-state index contributed by atoms with van der Waals surface area (Å²) in [5.41, 5.74) is 1.13. The van der Waals surface area contributed by atoms with E-state index in [1.54, 1.807) is 6.07 Å². The molecule has 0 spiro atoms. The summed E-state index contributed by atoms with van der Waals surface area (Å²) in [6.45, 7) is 9.48. The van der Waals surface area contributed by atoms with E-state index in [1.165, 1.54) is 12.1 Å². The van der Waals surface area contributed by atoms with Gasteiger partial charge in [0.2, 0.25) is 0 Å². The van der Waals surface area contributed by atoms with Gasteiger partial charge < -0.3 is 5.32 Å². The average Bonchev–Trinajstić information content (AvgIpc) is 2.44. The molecule has 1 aliphatic heterocycles. The molecule has 1 N–H and O–H groups in total. The molecule has 20 heavy (non-hydrogen) atoms. The van der Waals surface area contributed by atoms with Crippen molar-refractivity contribution in [3.05, 3.63) is 34.6 Å². The molecule has 2 rings (SSSR count). The van der Waals surface area contributed by atoms with Crippen molar-refractivity contribution >= 4 is 11.6 Å². The van der Waals surface area contributed by atoms with Gasteiger partial charge in [-0.25, -0.2) is 4.39 Å². The van der Waals surface area contributed by atoms with Crippen LogP contribution >= 0.6 is 11.6 Å². The molecule has 2 unspecified atom stereocenters. The molecular formula is C16H24ClFN2. The van der Waals surface area contributed by atoms with Crippen LogP contribution in [0.3, 0.4) is 0 Å². The Kier molecular flexibility index (Phi) is 5.05. The van der Waals surface area contributed by atoms with Crippen molar-refractivity contribution in [3.8, 4) is 0 Å². The van der Waals surface area contributed by atoms with Crippen LogP contribution in [0, 0.1) is 5.82 Å². The topological polar surface area (TPSA) is 15.3 Å². The molecule has 112 valence electrons. The minimum absolute atomic E-state index is 0.128. The summed E-state index contributed by atoms with van der Waals surface area (Å²) >= 11 is 6.17. The van der Waals surface area contributed by atoms with E-state index in [9.17, 15) is 4.39 Å². The summed E-state index contributed by atoms with van der Waals surface area (Å²) in [6, 6.07) is 5.22. The standard InChI is InChI=1S/C16H24ClFN2/c1-4-14-10-20(16(3,5-2)11-19-14)9-12-6-7-13(18)8-15(12)17/h6-8,14,19H,4-5,9-11H2,1-3H3. The molecule has 1 saturated heterocycles. The Morgan fingerprint density at radius 1 is 1.45 bits per heavy atom. The third-order valence-corrected chi connectivity index (χ3v) is 4.96. The van der Waals surface area contributed by atoms with E-state index in [0.717, 1.165) is 38.0 Å². The van der Waals surface area contributed by atoms with Crippen LogP contribution < -0.4 is 5.32 Å². The Morgan fingerprint density at radius 3 is 2.80 bits per heavy atom. The van der Waals surface area contributed by atoms with Gasteiger partial charge in [-0.3, -0.25) is 4.90 Å². The van der Waals surface area contributed by atoms with E-state index >= 15 is 0 Å². The summed E-state index contributed by atoms with van der Waals surface area (Å²) in [5.74, 6) is -0.274. The third-order valence-electron chi connectivity index (χ3n) is 4.61. The summed E-state index contributed by atoms with van der Waals surface area (Å²) < 4.78 is 13.2. The van der Waals surface area contributed by atoms with E-state index in [1.807, 2.05) is 0 Å². The van der Waals surface area contributed by atoms with Gasteiger partial charge in [0.1, 0.15) is 5.82 Å². The highest BCUT2D eigenvalue weighted by atomic mass is 35.5. The SMILES string of the molecule is CCC1CN(Cc2ccc(F)cc2Cl)C(C)(CC)CN1. The number of hydrogen-bond acceptors (Lipinski definition) is 2. The summed E-state index contributed by atoms with van der Waals surface area (Å²) in [7, 11) is 0. The summed E-state index contributed by atoms with van der Waals surface area (Å²) in [4.78, 5) is 2.48. The molecule has 4 heteroatoms. The maximum Gasteiger partial charge on any atom is 0.124 e. The van der Waals surface area contributed by atoms with Crippen molar-refractivity contribution < 1.29 is 4.39 Å². The maximum absolute atomic E-state index is 13.2.